The average Bonchev–Trinajstić information content (AvgIpc) is 2.35. The van der Waals surface area contributed by atoms with Gasteiger partial charge in [0.05, 0.1) is 0 Å². The summed E-state index contributed by atoms with van der Waals surface area (Å²) in [7, 11) is 1.09. The Hall–Kier alpha value is 0.0569. The summed E-state index contributed by atoms with van der Waals surface area (Å²) >= 11 is 0. The van der Waals surface area contributed by atoms with Crippen LogP contribution in [-0.2, 0) is 8.85 Å². The Morgan fingerprint density at radius 1 is 1.10 bits per heavy atom. The van der Waals surface area contributed by atoms with Crippen molar-refractivity contribution in [1.29, 1.82) is 0 Å². The van der Waals surface area contributed by atoms with Crippen LogP contribution in [0.5, 0.6) is 0 Å². The SMILES string of the molecule is CCC(N)C[Si](OC)(OC)N1C(C)(C)CCCC1(C)C. The number of nitrogens with zero attached hydrogens (tertiary/aromatic N) is 1. The van der Waals surface area contributed by atoms with Gasteiger partial charge in [0.25, 0.3) is 0 Å². The third kappa shape index (κ3) is 3.44. The van der Waals surface area contributed by atoms with Crippen LogP contribution in [0, 0.1) is 0 Å². The summed E-state index contributed by atoms with van der Waals surface area (Å²) in [6, 6.07) is 0.957. The van der Waals surface area contributed by atoms with Gasteiger partial charge < -0.3 is 14.6 Å². The fourth-order valence-electron chi connectivity index (χ4n) is 3.92. The molecule has 1 aliphatic heterocycles. The maximum absolute atomic E-state index is 6.24. The fourth-order valence-corrected chi connectivity index (χ4v) is 7.99. The van der Waals surface area contributed by atoms with Crippen LogP contribution >= 0.6 is 0 Å². The summed E-state index contributed by atoms with van der Waals surface area (Å²) in [4.78, 5) is 0. The van der Waals surface area contributed by atoms with E-state index in [1.807, 2.05) is 0 Å². The van der Waals surface area contributed by atoms with Gasteiger partial charge in [-0.05, 0) is 53.4 Å². The third-order valence-electron chi connectivity index (χ3n) is 4.81. The molecule has 0 aliphatic carbocycles. The van der Waals surface area contributed by atoms with Crippen molar-refractivity contribution in [3.8, 4) is 0 Å². The molecule has 120 valence electrons. The second-order valence-corrected chi connectivity index (χ2v) is 10.4. The minimum absolute atomic E-state index is 0.0907. The highest BCUT2D eigenvalue weighted by atomic mass is 28.4. The van der Waals surface area contributed by atoms with Crippen molar-refractivity contribution < 1.29 is 8.85 Å². The lowest BCUT2D eigenvalue weighted by Crippen LogP contribution is -2.73. The van der Waals surface area contributed by atoms with Crippen LogP contribution in [0.15, 0.2) is 0 Å². The number of hydrogen-bond donors (Lipinski definition) is 1. The van der Waals surface area contributed by atoms with E-state index in [-0.39, 0.29) is 17.1 Å². The molecule has 1 atom stereocenters. The molecule has 1 aliphatic rings. The van der Waals surface area contributed by atoms with Gasteiger partial charge in [-0.2, -0.15) is 0 Å². The number of hydrogen-bond acceptors (Lipinski definition) is 4. The van der Waals surface area contributed by atoms with Crippen LogP contribution < -0.4 is 5.73 Å². The van der Waals surface area contributed by atoms with E-state index < -0.39 is 8.72 Å². The normalized spacial score (nSPS) is 24.6. The molecule has 0 aromatic rings. The Bertz CT molecular complexity index is 301. The van der Waals surface area contributed by atoms with E-state index in [0.29, 0.717) is 0 Å². The number of nitrogens with two attached hydrogens (primary N) is 1. The van der Waals surface area contributed by atoms with Gasteiger partial charge in [-0.15, -0.1) is 0 Å². The van der Waals surface area contributed by atoms with E-state index in [1.54, 1.807) is 14.2 Å². The van der Waals surface area contributed by atoms with Crippen molar-refractivity contribution in [1.82, 2.24) is 4.57 Å². The summed E-state index contributed by atoms with van der Waals surface area (Å²) in [6.45, 7) is 11.4. The summed E-state index contributed by atoms with van der Waals surface area (Å²) in [5.74, 6) is 0. The minimum atomic E-state index is -2.49. The lowest BCUT2D eigenvalue weighted by atomic mass is 9.83. The van der Waals surface area contributed by atoms with Crippen LogP contribution in [0.1, 0.15) is 60.3 Å². The van der Waals surface area contributed by atoms with Crippen molar-refractivity contribution in [2.45, 2.75) is 83.5 Å². The minimum Gasteiger partial charge on any atom is -0.386 e. The van der Waals surface area contributed by atoms with E-state index in [9.17, 15) is 0 Å². The molecule has 0 aromatic carbocycles. The third-order valence-corrected chi connectivity index (χ3v) is 9.02. The molecule has 0 aromatic heterocycles. The molecule has 0 radical (unpaired) electrons. The molecule has 1 unspecified atom stereocenters. The van der Waals surface area contributed by atoms with E-state index in [2.05, 4.69) is 39.2 Å². The van der Waals surface area contributed by atoms with Crippen LogP contribution in [0.2, 0.25) is 6.04 Å². The van der Waals surface area contributed by atoms with Crippen molar-refractivity contribution in [2.24, 2.45) is 5.73 Å². The van der Waals surface area contributed by atoms with E-state index in [4.69, 9.17) is 14.6 Å². The summed E-state index contributed by atoms with van der Waals surface area (Å²) in [6.07, 6.45) is 4.57. The first-order valence-corrected chi connectivity index (χ1v) is 9.78. The Kier molecular flexibility index (Phi) is 5.83. The zero-order valence-corrected chi connectivity index (χ0v) is 15.5. The van der Waals surface area contributed by atoms with Gasteiger partial charge in [0.1, 0.15) is 0 Å². The zero-order chi connectivity index (χ0) is 15.6. The Morgan fingerprint density at radius 2 is 1.55 bits per heavy atom. The quantitative estimate of drug-likeness (QED) is 0.766. The molecule has 2 N–H and O–H groups in total. The maximum Gasteiger partial charge on any atom is 0.429 e. The topological polar surface area (TPSA) is 47.7 Å². The highest BCUT2D eigenvalue weighted by molar-refractivity contribution is 6.65. The second-order valence-electron chi connectivity index (χ2n) is 7.31. The average molecular weight is 303 g/mol. The summed E-state index contributed by atoms with van der Waals surface area (Å²) in [5, 5.41) is 0. The van der Waals surface area contributed by atoms with Crippen LogP contribution in [-0.4, -0.2) is 44.6 Å². The van der Waals surface area contributed by atoms with Gasteiger partial charge in [-0.25, -0.2) is 0 Å². The number of rotatable bonds is 6. The molecule has 0 spiro atoms. The van der Waals surface area contributed by atoms with Crippen molar-refractivity contribution in [2.75, 3.05) is 14.2 Å². The standard InChI is InChI=1S/C15H34N2O2Si/c1-8-13(16)12-20(18-6,19-7)17-14(2,3)10-9-11-15(17,4)5/h13H,8-12,16H2,1-7H3. The predicted molar refractivity (Wildman–Crippen MR) is 86.7 cm³/mol. The molecule has 20 heavy (non-hydrogen) atoms. The molecule has 0 saturated carbocycles. The molecular weight excluding hydrogens is 268 g/mol. The summed E-state index contributed by atoms with van der Waals surface area (Å²) in [5.41, 5.74) is 6.42. The first-order chi connectivity index (χ1) is 9.15. The van der Waals surface area contributed by atoms with Gasteiger partial charge in [-0.1, -0.05) is 6.92 Å². The van der Waals surface area contributed by atoms with Crippen molar-refractivity contribution in [3.63, 3.8) is 0 Å². The van der Waals surface area contributed by atoms with Gasteiger partial charge in [-0.3, -0.25) is 4.57 Å². The van der Waals surface area contributed by atoms with Gasteiger partial charge in [0, 0.05) is 37.4 Å². The Labute approximate surface area is 126 Å². The number of piperidine rings is 1. The molecule has 5 heteroatoms. The molecule has 0 bridgehead atoms. The molecular formula is C15H34N2O2Si. The van der Waals surface area contributed by atoms with E-state index in [0.717, 1.165) is 12.5 Å². The predicted octanol–water partition coefficient (Wildman–Crippen LogP) is 3.00. The van der Waals surface area contributed by atoms with Crippen molar-refractivity contribution in [3.05, 3.63) is 0 Å². The second kappa shape index (κ2) is 6.44. The van der Waals surface area contributed by atoms with Crippen LogP contribution in [0.25, 0.3) is 0 Å². The van der Waals surface area contributed by atoms with Gasteiger partial charge in [0.15, 0.2) is 0 Å². The van der Waals surface area contributed by atoms with Crippen molar-refractivity contribution >= 4 is 8.72 Å². The highest BCUT2D eigenvalue weighted by Gasteiger charge is 2.57. The lowest BCUT2D eigenvalue weighted by Gasteiger charge is -2.58. The molecule has 4 nitrogen and oxygen atoms in total. The molecule has 1 rings (SSSR count). The first kappa shape index (κ1) is 18.1. The lowest BCUT2D eigenvalue weighted by molar-refractivity contribution is -0.00993. The Morgan fingerprint density at radius 3 is 1.90 bits per heavy atom. The van der Waals surface area contributed by atoms with Crippen LogP contribution in [0.3, 0.4) is 0 Å². The molecule has 0 amide bonds. The van der Waals surface area contributed by atoms with Gasteiger partial charge in [0.2, 0.25) is 0 Å². The Balaban J connectivity index is 3.21. The summed E-state index contributed by atoms with van der Waals surface area (Å²) < 4.78 is 14.6. The first-order valence-electron chi connectivity index (χ1n) is 7.81. The monoisotopic (exact) mass is 302 g/mol. The highest BCUT2D eigenvalue weighted by Crippen LogP contribution is 2.43. The van der Waals surface area contributed by atoms with E-state index in [1.165, 1.54) is 19.3 Å². The fraction of sp³-hybridized carbons (Fsp3) is 1.00. The zero-order valence-electron chi connectivity index (χ0n) is 14.5. The largest absolute Gasteiger partial charge is 0.429 e. The van der Waals surface area contributed by atoms with E-state index >= 15 is 0 Å². The maximum atomic E-state index is 6.24. The smallest absolute Gasteiger partial charge is 0.386 e. The molecule has 1 saturated heterocycles. The molecule has 1 fully saturated rings. The molecule has 1 heterocycles. The van der Waals surface area contributed by atoms with Crippen LogP contribution in [0.4, 0.5) is 0 Å². The van der Waals surface area contributed by atoms with Gasteiger partial charge >= 0.3 is 8.72 Å².